The molecule has 2 rings (SSSR count). The summed E-state index contributed by atoms with van der Waals surface area (Å²) < 4.78 is 16.2. The number of carbonyl (C=O) groups excluding carboxylic acids is 1. The first-order chi connectivity index (χ1) is 12.7. The molecule has 0 bridgehead atoms. The Bertz CT molecular complexity index is 703. The molecule has 5 nitrogen and oxygen atoms in total. The summed E-state index contributed by atoms with van der Waals surface area (Å²) in [6, 6.07) is 13.2. The van der Waals surface area contributed by atoms with Crippen molar-refractivity contribution in [2.24, 2.45) is 0 Å². The first kappa shape index (κ1) is 20.0. The first-order valence-corrected chi connectivity index (χ1v) is 9.61. The van der Waals surface area contributed by atoms with Crippen molar-refractivity contribution in [3.8, 4) is 17.2 Å². The van der Waals surface area contributed by atoms with Gasteiger partial charge in [0.25, 0.3) is 0 Å². The fourth-order valence-corrected chi connectivity index (χ4v) is 3.14. The van der Waals surface area contributed by atoms with Crippen molar-refractivity contribution >= 4 is 23.4 Å². The largest absolute Gasteiger partial charge is 0.497 e. The number of thioether (sulfide) groups is 1. The van der Waals surface area contributed by atoms with Crippen molar-refractivity contribution in [1.29, 1.82) is 0 Å². The van der Waals surface area contributed by atoms with Gasteiger partial charge in [0, 0.05) is 28.8 Å². The highest BCUT2D eigenvalue weighted by Crippen LogP contribution is 2.30. The number of hydrogen-bond donors (Lipinski definition) is 1. The molecule has 6 heteroatoms. The van der Waals surface area contributed by atoms with Crippen LogP contribution in [0.4, 0.5) is 5.69 Å². The fourth-order valence-electron chi connectivity index (χ4n) is 2.29. The Morgan fingerprint density at radius 1 is 1.00 bits per heavy atom. The highest BCUT2D eigenvalue weighted by atomic mass is 32.2. The second-order valence-electron chi connectivity index (χ2n) is 5.35. The zero-order valence-electron chi connectivity index (χ0n) is 15.4. The maximum Gasteiger partial charge on any atom is 0.225 e. The van der Waals surface area contributed by atoms with Crippen LogP contribution in [0.2, 0.25) is 0 Å². The average molecular weight is 375 g/mol. The van der Waals surface area contributed by atoms with Crippen LogP contribution in [-0.2, 0) is 4.79 Å². The number of hydrogen-bond acceptors (Lipinski definition) is 5. The minimum absolute atomic E-state index is 0.0300. The number of nitrogens with one attached hydrogen (secondary N) is 1. The number of methoxy groups -OCH3 is 1. The van der Waals surface area contributed by atoms with Gasteiger partial charge in [-0.2, -0.15) is 0 Å². The molecule has 26 heavy (non-hydrogen) atoms. The topological polar surface area (TPSA) is 56.8 Å². The van der Waals surface area contributed by atoms with Gasteiger partial charge in [-0.1, -0.05) is 0 Å². The van der Waals surface area contributed by atoms with Crippen LogP contribution in [0.1, 0.15) is 20.3 Å². The summed E-state index contributed by atoms with van der Waals surface area (Å²) in [7, 11) is 1.64. The van der Waals surface area contributed by atoms with Crippen molar-refractivity contribution in [2.45, 2.75) is 25.2 Å². The van der Waals surface area contributed by atoms with Gasteiger partial charge in [0.05, 0.1) is 20.3 Å². The molecule has 2 aromatic carbocycles. The molecule has 0 saturated heterocycles. The predicted octanol–water partition coefficient (Wildman–Crippen LogP) is 4.61. The van der Waals surface area contributed by atoms with Gasteiger partial charge in [-0.15, -0.1) is 11.8 Å². The molecule has 0 aliphatic carbocycles. The molecule has 0 fully saturated rings. The van der Waals surface area contributed by atoms with E-state index >= 15 is 0 Å². The molecular weight excluding hydrogens is 350 g/mol. The van der Waals surface area contributed by atoms with Crippen LogP contribution in [0.15, 0.2) is 47.4 Å². The minimum Gasteiger partial charge on any atom is -0.497 e. The third kappa shape index (κ3) is 6.19. The number of rotatable bonds is 10. The van der Waals surface area contributed by atoms with Crippen molar-refractivity contribution in [2.75, 3.05) is 31.4 Å². The summed E-state index contributed by atoms with van der Waals surface area (Å²) >= 11 is 1.64. The molecule has 1 amide bonds. The van der Waals surface area contributed by atoms with Crippen LogP contribution in [0, 0.1) is 0 Å². The Kier molecular flexibility index (Phi) is 8.15. The SMILES string of the molecule is CCOc1ccc(NC(=O)CCSc2ccc(OC)cc2)cc1OCC. The standard InChI is InChI=1S/C20H25NO4S/c1-4-24-18-11-6-15(14-19(18)25-5-2)21-20(22)12-13-26-17-9-7-16(23-3)8-10-17/h6-11,14H,4-5,12-13H2,1-3H3,(H,21,22). The lowest BCUT2D eigenvalue weighted by Crippen LogP contribution is -2.12. The Morgan fingerprint density at radius 3 is 2.35 bits per heavy atom. The molecule has 0 radical (unpaired) electrons. The first-order valence-electron chi connectivity index (χ1n) is 8.62. The van der Waals surface area contributed by atoms with E-state index < -0.39 is 0 Å². The Balaban J connectivity index is 1.85. The summed E-state index contributed by atoms with van der Waals surface area (Å²) in [4.78, 5) is 13.3. The molecule has 0 spiro atoms. The van der Waals surface area contributed by atoms with Gasteiger partial charge < -0.3 is 19.5 Å². The van der Waals surface area contributed by atoms with E-state index in [0.717, 1.165) is 10.6 Å². The Morgan fingerprint density at radius 2 is 1.69 bits per heavy atom. The summed E-state index contributed by atoms with van der Waals surface area (Å²) in [5.41, 5.74) is 0.705. The second-order valence-corrected chi connectivity index (χ2v) is 6.52. The van der Waals surface area contributed by atoms with Crippen LogP contribution in [-0.4, -0.2) is 32.0 Å². The van der Waals surface area contributed by atoms with Gasteiger partial charge in [0.15, 0.2) is 11.5 Å². The average Bonchev–Trinajstić information content (AvgIpc) is 2.65. The van der Waals surface area contributed by atoms with E-state index in [1.165, 1.54) is 0 Å². The molecule has 0 heterocycles. The number of carbonyl (C=O) groups is 1. The third-order valence-electron chi connectivity index (χ3n) is 3.48. The van der Waals surface area contributed by atoms with E-state index in [0.29, 0.717) is 42.6 Å². The van der Waals surface area contributed by atoms with E-state index in [-0.39, 0.29) is 5.91 Å². The van der Waals surface area contributed by atoms with Crippen LogP contribution in [0.25, 0.3) is 0 Å². The predicted molar refractivity (Wildman–Crippen MR) is 106 cm³/mol. The van der Waals surface area contributed by atoms with Crippen LogP contribution >= 0.6 is 11.8 Å². The number of amides is 1. The maximum atomic E-state index is 12.2. The van der Waals surface area contributed by atoms with Crippen molar-refractivity contribution in [3.05, 3.63) is 42.5 Å². The highest BCUT2D eigenvalue weighted by molar-refractivity contribution is 7.99. The number of benzene rings is 2. The van der Waals surface area contributed by atoms with Gasteiger partial charge in [0.2, 0.25) is 5.91 Å². The van der Waals surface area contributed by atoms with Crippen LogP contribution < -0.4 is 19.5 Å². The Labute approximate surface area is 159 Å². The molecule has 0 saturated carbocycles. The monoisotopic (exact) mass is 375 g/mol. The summed E-state index contributed by atoms with van der Waals surface area (Å²) in [6.07, 6.45) is 0.424. The van der Waals surface area contributed by atoms with Gasteiger partial charge in [-0.3, -0.25) is 4.79 Å². The number of anilines is 1. The van der Waals surface area contributed by atoms with Gasteiger partial charge >= 0.3 is 0 Å². The second kappa shape index (κ2) is 10.6. The maximum absolute atomic E-state index is 12.2. The van der Waals surface area contributed by atoms with Crippen LogP contribution in [0.3, 0.4) is 0 Å². The lowest BCUT2D eigenvalue weighted by molar-refractivity contribution is -0.115. The molecule has 0 aromatic heterocycles. The Hall–Kier alpha value is -2.34. The van der Waals surface area contributed by atoms with Crippen LogP contribution in [0.5, 0.6) is 17.2 Å². The van der Waals surface area contributed by atoms with E-state index in [9.17, 15) is 4.79 Å². The quantitative estimate of drug-likeness (QED) is 0.615. The molecule has 0 aliphatic heterocycles. The van der Waals surface area contributed by atoms with Gasteiger partial charge in [0.1, 0.15) is 5.75 Å². The lowest BCUT2D eigenvalue weighted by atomic mass is 10.2. The third-order valence-corrected chi connectivity index (χ3v) is 4.50. The summed E-state index contributed by atoms with van der Waals surface area (Å²) in [6.45, 7) is 4.94. The molecule has 0 atom stereocenters. The van der Waals surface area contributed by atoms with Crippen molar-refractivity contribution < 1.29 is 19.0 Å². The molecular formula is C20H25NO4S. The lowest BCUT2D eigenvalue weighted by Gasteiger charge is -2.13. The summed E-state index contributed by atoms with van der Waals surface area (Å²) in [5, 5.41) is 2.91. The van der Waals surface area contributed by atoms with E-state index in [4.69, 9.17) is 14.2 Å². The highest BCUT2D eigenvalue weighted by Gasteiger charge is 2.09. The number of ether oxygens (including phenoxy) is 3. The fraction of sp³-hybridized carbons (Fsp3) is 0.350. The summed E-state index contributed by atoms with van der Waals surface area (Å²) in [5.74, 6) is 2.82. The smallest absolute Gasteiger partial charge is 0.225 e. The zero-order valence-corrected chi connectivity index (χ0v) is 16.2. The zero-order chi connectivity index (χ0) is 18.8. The van der Waals surface area contributed by atoms with Crippen molar-refractivity contribution in [3.63, 3.8) is 0 Å². The van der Waals surface area contributed by atoms with E-state index in [1.807, 2.05) is 50.2 Å². The van der Waals surface area contributed by atoms with Gasteiger partial charge in [-0.05, 0) is 50.2 Å². The van der Waals surface area contributed by atoms with E-state index in [1.54, 1.807) is 24.9 Å². The molecule has 2 aromatic rings. The van der Waals surface area contributed by atoms with Gasteiger partial charge in [-0.25, -0.2) is 0 Å². The molecule has 0 unspecified atom stereocenters. The van der Waals surface area contributed by atoms with Crippen molar-refractivity contribution in [1.82, 2.24) is 0 Å². The minimum atomic E-state index is -0.0300. The normalized spacial score (nSPS) is 10.3. The molecule has 1 N–H and O–H groups in total. The van der Waals surface area contributed by atoms with E-state index in [2.05, 4.69) is 5.32 Å². The molecule has 140 valence electrons. The molecule has 0 aliphatic rings.